The minimum absolute atomic E-state index is 0.0540. The Morgan fingerprint density at radius 2 is 1.88 bits per heavy atom. The van der Waals surface area contributed by atoms with E-state index in [2.05, 4.69) is 9.97 Å². The van der Waals surface area contributed by atoms with Crippen molar-refractivity contribution in [1.82, 2.24) is 14.9 Å². The van der Waals surface area contributed by atoms with Gasteiger partial charge in [-0.1, -0.05) is 35.3 Å². The lowest BCUT2D eigenvalue weighted by Crippen LogP contribution is -2.41. The predicted octanol–water partition coefficient (Wildman–Crippen LogP) is 4.22. The van der Waals surface area contributed by atoms with E-state index in [-0.39, 0.29) is 21.2 Å². The molecule has 1 amide bonds. The molecule has 10 heteroatoms. The molecule has 32 heavy (non-hydrogen) atoms. The maximum Gasteiger partial charge on any atom is 0.336 e. The molecule has 1 atom stereocenters. The first kappa shape index (κ1) is 22.0. The van der Waals surface area contributed by atoms with E-state index in [1.165, 1.54) is 26.4 Å². The van der Waals surface area contributed by atoms with Crippen LogP contribution in [-0.2, 0) is 6.42 Å². The molecule has 1 aromatic heterocycles. The van der Waals surface area contributed by atoms with E-state index in [9.17, 15) is 14.7 Å². The van der Waals surface area contributed by atoms with Crippen LogP contribution in [0.25, 0.3) is 0 Å². The zero-order valence-electron chi connectivity index (χ0n) is 17.2. The van der Waals surface area contributed by atoms with Crippen LogP contribution in [0, 0.1) is 0 Å². The molecule has 0 radical (unpaired) electrons. The van der Waals surface area contributed by atoms with Crippen LogP contribution in [0.4, 0.5) is 0 Å². The lowest BCUT2D eigenvalue weighted by Gasteiger charge is -2.36. The Kier molecular flexibility index (Phi) is 5.99. The van der Waals surface area contributed by atoms with E-state index < -0.39 is 17.9 Å². The van der Waals surface area contributed by atoms with Gasteiger partial charge in [0.1, 0.15) is 6.04 Å². The molecule has 0 aliphatic carbocycles. The summed E-state index contributed by atoms with van der Waals surface area (Å²) >= 11 is 12.1. The molecule has 2 N–H and O–H groups in total. The average molecular weight is 476 g/mol. The molecule has 1 aliphatic rings. The van der Waals surface area contributed by atoms with E-state index in [1.807, 2.05) is 6.07 Å². The number of aromatic amines is 1. The molecule has 0 spiro atoms. The first-order valence-electron chi connectivity index (χ1n) is 9.63. The monoisotopic (exact) mass is 475 g/mol. The number of methoxy groups -OCH3 is 2. The van der Waals surface area contributed by atoms with Crippen LogP contribution >= 0.6 is 23.2 Å². The summed E-state index contributed by atoms with van der Waals surface area (Å²) in [7, 11) is 3.05. The first-order chi connectivity index (χ1) is 15.4. The molecule has 3 aromatic rings. The minimum atomic E-state index is -1.28. The molecule has 2 aromatic carbocycles. The van der Waals surface area contributed by atoms with Gasteiger partial charge in [0, 0.05) is 18.5 Å². The third-order valence-corrected chi connectivity index (χ3v) is 6.16. The normalized spacial score (nSPS) is 15.2. The van der Waals surface area contributed by atoms with Gasteiger partial charge < -0.3 is 24.5 Å². The van der Waals surface area contributed by atoms with Crippen molar-refractivity contribution in [2.45, 2.75) is 12.5 Å². The Hall–Kier alpha value is -3.23. The number of carbonyl (C=O) groups excluding carboxylic acids is 1. The molecule has 1 aliphatic heterocycles. The Morgan fingerprint density at radius 1 is 1.16 bits per heavy atom. The highest BCUT2D eigenvalue weighted by Crippen LogP contribution is 2.43. The van der Waals surface area contributed by atoms with Crippen LogP contribution in [0.5, 0.6) is 11.5 Å². The van der Waals surface area contributed by atoms with Gasteiger partial charge in [-0.25, -0.2) is 9.78 Å². The molecule has 0 saturated carbocycles. The number of para-hydroxylation sites is 1. The first-order valence-corrected chi connectivity index (χ1v) is 10.4. The maximum absolute atomic E-state index is 13.7. The van der Waals surface area contributed by atoms with E-state index >= 15 is 0 Å². The van der Waals surface area contributed by atoms with Gasteiger partial charge in [0.15, 0.2) is 11.5 Å². The number of hydrogen-bond donors (Lipinski definition) is 2. The number of carboxylic acid groups (broad SMARTS) is 1. The van der Waals surface area contributed by atoms with Gasteiger partial charge >= 0.3 is 5.97 Å². The molecule has 1 unspecified atom stereocenters. The van der Waals surface area contributed by atoms with Crippen LogP contribution in [-0.4, -0.2) is 52.6 Å². The number of halogens is 2. The highest BCUT2D eigenvalue weighted by Gasteiger charge is 2.38. The number of nitrogens with zero attached hydrogens (tertiary/aromatic N) is 2. The fraction of sp³-hybridized carbons (Fsp3) is 0.227. The Morgan fingerprint density at radius 3 is 2.53 bits per heavy atom. The second-order valence-corrected chi connectivity index (χ2v) is 7.93. The summed E-state index contributed by atoms with van der Waals surface area (Å²) in [5.41, 5.74) is 1.92. The number of nitrogens with one attached hydrogen (secondary N) is 1. The van der Waals surface area contributed by atoms with Crippen molar-refractivity contribution in [2.24, 2.45) is 0 Å². The van der Waals surface area contributed by atoms with Gasteiger partial charge in [-0.3, -0.25) is 4.79 Å². The number of aromatic nitrogens is 2. The van der Waals surface area contributed by atoms with Crippen molar-refractivity contribution in [1.29, 1.82) is 0 Å². The second kappa shape index (κ2) is 8.72. The summed E-state index contributed by atoms with van der Waals surface area (Å²) < 4.78 is 11.0. The Labute approximate surface area is 193 Å². The summed E-state index contributed by atoms with van der Waals surface area (Å²) in [5.74, 6) is -0.810. The Bertz CT molecular complexity index is 1210. The number of carboxylic acids is 1. The van der Waals surface area contributed by atoms with Crippen molar-refractivity contribution < 1.29 is 24.2 Å². The van der Waals surface area contributed by atoms with Gasteiger partial charge in [-0.05, 0) is 18.2 Å². The highest BCUT2D eigenvalue weighted by molar-refractivity contribution is 6.42. The third kappa shape index (κ3) is 3.65. The zero-order chi connectivity index (χ0) is 23.0. The van der Waals surface area contributed by atoms with Gasteiger partial charge in [-0.15, -0.1) is 0 Å². The standard InChI is InChI=1S/C22H19Cl2N3O5/c1-31-17-5-3-4-11(20(17)32-2)19-18-16(25-10-26-18)6-7-27(19)21(28)12-8-14(23)15(24)9-13(12)22(29)30/h3-5,8-10,19H,6-7H2,1-2H3,(H,25,26)(H,29,30). The smallest absolute Gasteiger partial charge is 0.336 e. The molecular formula is C22H19Cl2N3O5. The fourth-order valence-corrected chi connectivity index (χ4v) is 4.33. The molecule has 4 rings (SSSR count). The molecular weight excluding hydrogens is 457 g/mol. The summed E-state index contributed by atoms with van der Waals surface area (Å²) in [6.07, 6.45) is 2.07. The number of rotatable bonds is 5. The molecule has 166 valence electrons. The summed E-state index contributed by atoms with van der Waals surface area (Å²) in [6, 6.07) is 7.24. The van der Waals surface area contributed by atoms with E-state index in [1.54, 1.807) is 23.4 Å². The lowest BCUT2D eigenvalue weighted by molar-refractivity contribution is 0.0650. The zero-order valence-corrected chi connectivity index (χ0v) is 18.7. The predicted molar refractivity (Wildman–Crippen MR) is 118 cm³/mol. The molecule has 8 nitrogen and oxygen atoms in total. The summed E-state index contributed by atoms with van der Waals surface area (Å²) in [4.78, 5) is 34.6. The number of hydrogen-bond acceptors (Lipinski definition) is 5. The van der Waals surface area contributed by atoms with Gasteiger partial charge in [0.25, 0.3) is 5.91 Å². The highest BCUT2D eigenvalue weighted by atomic mass is 35.5. The van der Waals surface area contributed by atoms with Crippen molar-refractivity contribution >= 4 is 35.1 Å². The minimum Gasteiger partial charge on any atom is -0.493 e. The van der Waals surface area contributed by atoms with Crippen LogP contribution in [0.1, 0.15) is 43.7 Å². The number of carbonyl (C=O) groups is 2. The average Bonchev–Trinajstić information content (AvgIpc) is 3.27. The summed E-state index contributed by atoms with van der Waals surface area (Å²) in [5, 5.41) is 9.81. The molecule has 0 bridgehead atoms. The second-order valence-electron chi connectivity index (χ2n) is 7.11. The number of amides is 1. The maximum atomic E-state index is 13.7. The quantitative estimate of drug-likeness (QED) is 0.572. The van der Waals surface area contributed by atoms with Crippen LogP contribution in [0.3, 0.4) is 0 Å². The van der Waals surface area contributed by atoms with Crippen LogP contribution < -0.4 is 9.47 Å². The summed E-state index contributed by atoms with van der Waals surface area (Å²) in [6.45, 7) is 0.307. The number of fused-ring (bicyclic) bond motifs is 1. The number of H-pyrrole nitrogens is 1. The van der Waals surface area contributed by atoms with E-state index in [0.29, 0.717) is 35.7 Å². The Balaban J connectivity index is 1.89. The van der Waals surface area contributed by atoms with Crippen LogP contribution in [0.15, 0.2) is 36.7 Å². The SMILES string of the molecule is COc1cccc(C2c3[nH]cnc3CCN2C(=O)c2cc(Cl)c(Cl)cc2C(=O)O)c1OC. The molecule has 0 saturated heterocycles. The topological polar surface area (TPSA) is 105 Å². The van der Waals surface area contributed by atoms with Gasteiger partial charge in [-0.2, -0.15) is 0 Å². The van der Waals surface area contributed by atoms with Crippen molar-refractivity contribution in [3.05, 3.63) is 74.8 Å². The third-order valence-electron chi connectivity index (χ3n) is 5.44. The number of imidazole rings is 1. The number of aromatic carboxylic acids is 1. The largest absolute Gasteiger partial charge is 0.493 e. The molecule has 2 heterocycles. The van der Waals surface area contributed by atoms with E-state index in [4.69, 9.17) is 32.7 Å². The van der Waals surface area contributed by atoms with Crippen molar-refractivity contribution in [3.8, 4) is 11.5 Å². The number of ether oxygens (including phenoxy) is 2. The van der Waals surface area contributed by atoms with Gasteiger partial charge in [0.2, 0.25) is 0 Å². The van der Waals surface area contributed by atoms with Gasteiger partial charge in [0.05, 0.1) is 53.1 Å². The molecule has 0 fully saturated rings. The fourth-order valence-electron chi connectivity index (χ4n) is 4.00. The van der Waals surface area contributed by atoms with Crippen LogP contribution in [0.2, 0.25) is 10.0 Å². The van der Waals surface area contributed by atoms with E-state index in [0.717, 1.165) is 5.69 Å². The number of benzene rings is 2. The van der Waals surface area contributed by atoms with Crippen molar-refractivity contribution in [3.63, 3.8) is 0 Å². The van der Waals surface area contributed by atoms with Crippen molar-refractivity contribution in [2.75, 3.05) is 20.8 Å². The lowest BCUT2D eigenvalue weighted by atomic mass is 9.93.